The molecule has 0 aliphatic rings. The van der Waals surface area contributed by atoms with Crippen molar-refractivity contribution in [2.75, 3.05) is 5.73 Å². The van der Waals surface area contributed by atoms with Crippen molar-refractivity contribution in [1.29, 1.82) is 0 Å². The van der Waals surface area contributed by atoms with E-state index in [0.29, 0.717) is 0 Å². The molecule has 0 aliphatic carbocycles. The van der Waals surface area contributed by atoms with Crippen molar-refractivity contribution >= 4 is 28.7 Å². The van der Waals surface area contributed by atoms with E-state index in [-0.39, 0.29) is 0 Å². The van der Waals surface area contributed by atoms with Gasteiger partial charge in [-0.3, -0.25) is 0 Å². The van der Waals surface area contributed by atoms with Crippen LogP contribution in [0.25, 0.3) is 23.1 Å². The normalized spacial score (nSPS) is 11.2. The van der Waals surface area contributed by atoms with Crippen molar-refractivity contribution in [3.8, 4) is 0 Å². The van der Waals surface area contributed by atoms with Crippen molar-refractivity contribution in [3.63, 3.8) is 0 Å². The molecule has 0 amide bonds. The lowest BCUT2D eigenvalue weighted by molar-refractivity contribution is 1.37. The summed E-state index contributed by atoms with van der Waals surface area (Å²) in [5.74, 6) is 0. The Balaban J connectivity index is 1.92. The van der Waals surface area contributed by atoms with Gasteiger partial charge in [-0.15, -0.1) is 0 Å². The lowest BCUT2D eigenvalue weighted by Gasteiger charge is -1.99. The number of hydrogen-bond acceptors (Lipinski definition) is 2. The number of benzene rings is 2. The van der Waals surface area contributed by atoms with Gasteiger partial charge in [0.15, 0.2) is 0 Å². The van der Waals surface area contributed by atoms with E-state index in [2.05, 4.69) is 17.1 Å². The summed E-state index contributed by atoms with van der Waals surface area (Å²) in [6.07, 6.45) is 4.02. The van der Waals surface area contributed by atoms with E-state index < -0.39 is 0 Å². The average Bonchev–Trinajstić information content (AvgIpc) is 2.45. The largest absolute Gasteiger partial charge is 0.399 e. The van der Waals surface area contributed by atoms with Crippen molar-refractivity contribution in [2.24, 2.45) is 0 Å². The Morgan fingerprint density at radius 3 is 2.63 bits per heavy atom. The number of para-hydroxylation sites is 1. The maximum Gasteiger partial charge on any atom is 0.0709 e. The second kappa shape index (κ2) is 4.94. The number of fused-ring (bicyclic) bond motifs is 1. The fourth-order valence-corrected chi connectivity index (χ4v) is 2.02. The van der Waals surface area contributed by atoms with Gasteiger partial charge in [-0.2, -0.15) is 0 Å². The molecule has 0 atom stereocenters. The number of nitrogens with two attached hydrogens (primary N) is 1. The second-order valence-corrected chi connectivity index (χ2v) is 4.43. The zero-order chi connectivity index (χ0) is 13.1. The monoisotopic (exact) mass is 246 g/mol. The summed E-state index contributed by atoms with van der Waals surface area (Å²) in [5, 5.41) is 1.16. The third-order valence-electron chi connectivity index (χ3n) is 2.98. The number of rotatable bonds is 2. The van der Waals surface area contributed by atoms with E-state index in [1.165, 1.54) is 0 Å². The molecule has 0 fully saturated rings. The Kier molecular flexibility index (Phi) is 2.99. The van der Waals surface area contributed by atoms with E-state index in [0.717, 1.165) is 27.8 Å². The summed E-state index contributed by atoms with van der Waals surface area (Å²) in [6.45, 7) is 0. The molecule has 3 aromatic rings. The van der Waals surface area contributed by atoms with Gasteiger partial charge in [0.25, 0.3) is 0 Å². The van der Waals surface area contributed by atoms with Gasteiger partial charge in [-0.25, -0.2) is 4.98 Å². The van der Waals surface area contributed by atoms with Gasteiger partial charge in [0.05, 0.1) is 11.2 Å². The first kappa shape index (κ1) is 11.5. The Hall–Kier alpha value is -2.61. The summed E-state index contributed by atoms with van der Waals surface area (Å²) >= 11 is 0. The van der Waals surface area contributed by atoms with Crippen LogP contribution in [0.1, 0.15) is 11.3 Å². The molecule has 2 heteroatoms. The van der Waals surface area contributed by atoms with Crippen LogP contribution < -0.4 is 5.73 Å². The molecule has 3 rings (SSSR count). The molecule has 2 nitrogen and oxygen atoms in total. The van der Waals surface area contributed by atoms with Crippen LogP contribution in [0.5, 0.6) is 0 Å². The first-order chi connectivity index (χ1) is 9.31. The minimum Gasteiger partial charge on any atom is -0.399 e. The molecule has 0 saturated carbocycles. The van der Waals surface area contributed by atoms with Gasteiger partial charge < -0.3 is 5.73 Å². The van der Waals surface area contributed by atoms with Gasteiger partial charge in [0.1, 0.15) is 0 Å². The fraction of sp³-hybridized carbons (Fsp3) is 0. The summed E-state index contributed by atoms with van der Waals surface area (Å²) in [4.78, 5) is 4.59. The average molecular weight is 246 g/mol. The highest BCUT2D eigenvalue weighted by Crippen LogP contribution is 2.14. The molecular formula is C17H14N2. The Labute approximate surface area is 112 Å². The van der Waals surface area contributed by atoms with Crippen molar-refractivity contribution in [2.45, 2.75) is 0 Å². The van der Waals surface area contributed by atoms with Gasteiger partial charge in [0, 0.05) is 11.1 Å². The molecule has 1 aromatic heterocycles. The maximum atomic E-state index is 5.75. The van der Waals surface area contributed by atoms with E-state index in [1.807, 2.05) is 60.7 Å². The number of nitrogen functional groups attached to an aromatic ring is 1. The Morgan fingerprint density at radius 1 is 0.842 bits per heavy atom. The summed E-state index contributed by atoms with van der Waals surface area (Å²) < 4.78 is 0. The van der Waals surface area contributed by atoms with Crippen LogP contribution >= 0.6 is 0 Å². The third-order valence-corrected chi connectivity index (χ3v) is 2.98. The highest BCUT2D eigenvalue weighted by molar-refractivity contribution is 5.80. The molecule has 19 heavy (non-hydrogen) atoms. The van der Waals surface area contributed by atoms with Gasteiger partial charge >= 0.3 is 0 Å². The molecule has 2 aromatic carbocycles. The number of hydrogen-bond donors (Lipinski definition) is 1. The first-order valence-corrected chi connectivity index (χ1v) is 6.21. The molecule has 1 heterocycles. The lowest BCUT2D eigenvalue weighted by atomic mass is 10.1. The third kappa shape index (κ3) is 2.63. The number of pyridine rings is 1. The summed E-state index contributed by atoms with van der Waals surface area (Å²) in [5.41, 5.74) is 9.56. The van der Waals surface area contributed by atoms with Crippen LogP contribution in [0.4, 0.5) is 5.69 Å². The van der Waals surface area contributed by atoms with E-state index in [1.54, 1.807) is 0 Å². The lowest BCUT2D eigenvalue weighted by Crippen LogP contribution is -1.84. The minimum atomic E-state index is 0.772. The smallest absolute Gasteiger partial charge is 0.0709 e. The van der Waals surface area contributed by atoms with Crippen LogP contribution in [-0.2, 0) is 0 Å². The van der Waals surface area contributed by atoms with Crippen molar-refractivity contribution < 1.29 is 0 Å². The van der Waals surface area contributed by atoms with Gasteiger partial charge in [0.2, 0.25) is 0 Å². The summed E-state index contributed by atoms with van der Waals surface area (Å²) in [7, 11) is 0. The molecule has 92 valence electrons. The minimum absolute atomic E-state index is 0.772. The number of aromatic nitrogens is 1. The molecular weight excluding hydrogens is 232 g/mol. The zero-order valence-corrected chi connectivity index (χ0v) is 10.5. The van der Waals surface area contributed by atoms with Crippen LogP contribution in [-0.4, -0.2) is 4.98 Å². The molecule has 0 bridgehead atoms. The molecule has 0 spiro atoms. The standard InChI is InChI=1S/C17H14N2/c18-15-6-3-4-13(12-15)8-10-16-11-9-14-5-1-2-7-17(14)19-16/h1-12H,18H2/b10-8+. The van der Waals surface area contributed by atoms with Gasteiger partial charge in [-0.05, 0) is 35.9 Å². The predicted octanol–water partition coefficient (Wildman–Crippen LogP) is 3.99. The SMILES string of the molecule is Nc1cccc(/C=C/c2ccc3ccccc3n2)c1. The second-order valence-electron chi connectivity index (χ2n) is 4.43. The quantitative estimate of drug-likeness (QED) is 0.694. The molecule has 0 unspecified atom stereocenters. The number of anilines is 1. The fourth-order valence-electron chi connectivity index (χ4n) is 2.02. The van der Waals surface area contributed by atoms with E-state index >= 15 is 0 Å². The molecule has 2 N–H and O–H groups in total. The Bertz CT molecular complexity index is 745. The van der Waals surface area contributed by atoms with E-state index in [4.69, 9.17) is 5.73 Å². The molecule has 0 radical (unpaired) electrons. The zero-order valence-electron chi connectivity index (χ0n) is 10.5. The van der Waals surface area contributed by atoms with Crippen LogP contribution in [0.15, 0.2) is 60.7 Å². The van der Waals surface area contributed by atoms with E-state index in [9.17, 15) is 0 Å². The Morgan fingerprint density at radius 2 is 1.74 bits per heavy atom. The van der Waals surface area contributed by atoms with Crippen LogP contribution in [0.3, 0.4) is 0 Å². The summed E-state index contributed by atoms with van der Waals surface area (Å²) in [6, 6.07) is 20.0. The predicted molar refractivity (Wildman–Crippen MR) is 81.5 cm³/mol. The van der Waals surface area contributed by atoms with Crippen molar-refractivity contribution in [3.05, 3.63) is 71.9 Å². The molecule has 0 saturated heterocycles. The van der Waals surface area contributed by atoms with Crippen LogP contribution in [0, 0.1) is 0 Å². The first-order valence-electron chi connectivity index (χ1n) is 6.21. The highest BCUT2D eigenvalue weighted by Gasteiger charge is 1.94. The topological polar surface area (TPSA) is 38.9 Å². The molecule has 0 aliphatic heterocycles. The van der Waals surface area contributed by atoms with Gasteiger partial charge in [-0.1, -0.05) is 42.5 Å². The highest BCUT2D eigenvalue weighted by atomic mass is 14.7. The van der Waals surface area contributed by atoms with Crippen LogP contribution in [0.2, 0.25) is 0 Å². The maximum absolute atomic E-state index is 5.75. The van der Waals surface area contributed by atoms with Crippen molar-refractivity contribution in [1.82, 2.24) is 4.98 Å². The number of nitrogens with zero attached hydrogens (tertiary/aromatic N) is 1.